The van der Waals surface area contributed by atoms with Crippen LogP contribution in [0.25, 0.3) is 0 Å². The summed E-state index contributed by atoms with van der Waals surface area (Å²) in [6, 6.07) is 0.604. The highest BCUT2D eigenvalue weighted by Crippen LogP contribution is 2.19. The molecule has 2 aliphatic rings. The van der Waals surface area contributed by atoms with E-state index in [1.807, 2.05) is 6.92 Å². The molecule has 1 aromatic rings. The van der Waals surface area contributed by atoms with Crippen LogP contribution in [0.1, 0.15) is 50.7 Å². The van der Waals surface area contributed by atoms with E-state index < -0.39 is 0 Å². The van der Waals surface area contributed by atoms with Crippen LogP contribution in [0.15, 0.2) is 4.52 Å². The van der Waals surface area contributed by atoms with Gasteiger partial charge in [0.25, 0.3) is 0 Å². The van der Waals surface area contributed by atoms with Gasteiger partial charge in [0.1, 0.15) is 0 Å². The summed E-state index contributed by atoms with van der Waals surface area (Å²) >= 11 is 0. The van der Waals surface area contributed by atoms with Gasteiger partial charge in [-0.3, -0.25) is 9.80 Å². The molecule has 0 spiro atoms. The van der Waals surface area contributed by atoms with Gasteiger partial charge in [0.2, 0.25) is 5.89 Å². The van der Waals surface area contributed by atoms with Crippen molar-refractivity contribution in [1.29, 1.82) is 0 Å². The fourth-order valence-electron chi connectivity index (χ4n) is 3.65. The summed E-state index contributed by atoms with van der Waals surface area (Å²) in [7, 11) is 2.25. The van der Waals surface area contributed by atoms with Crippen molar-refractivity contribution < 1.29 is 9.26 Å². The van der Waals surface area contributed by atoms with E-state index in [2.05, 4.69) is 27.0 Å². The second-order valence-corrected chi connectivity index (χ2v) is 6.92. The van der Waals surface area contributed by atoms with Crippen LogP contribution in [0.5, 0.6) is 0 Å². The minimum absolute atomic E-state index is 0.424. The number of ether oxygens (including phenoxy) is 1. The van der Waals surface area contributed by atoms with Gasteiger partial charge in [-0.1, -0.05) is 12.1 Å². The van der Waals surface area contributed by atoms with E-state index in [1.54, 1.807) is 0 Å². The average molecular weight is 322 g/mol. The molecule has 6 heteroatoms. The smallest absolute Gasteiger partial charge is 0.226 e. The van der Waals surface area contributed by atoms with E-state index in [1.165, 1.54) is 32.1 Å². The van der Waals surface area contributed by atoms with Crippen molar-refractivity contribution >= 4 is 0 Å². The number of likely N-dealkylation sites (N-methyl/N-ethyl adjacent to an activating group) is 1. The first-order chi connectivity index (χ1) is 11.2. The van der Waals surface area contributed by atoms with Gasteiger partial charge in [0.15, 0.2) is 5.82 Å². The summed E-state index contributed by atoms with van der Waals surface area (Å²) in [5.74, 6) is 1.56. The van der Waals surface area contributed by atoms with Crippen molar-refractivity contribution in [3.63, 3.8) is 0 Å². The number of piperidine rings is 1. The summed E-state index contributed by atoms with van der Waals surface area (Å²) in [5, 5.41) is 4.08. The number of nitrogens with zero attached hydrogens (tertiary/aromatic N) is 4. The van der Waals surface area contributed by atoms with E-state index in [0.717, 1.165) is 50.9 Å². The fraction of sp³-hybridized carbons (Fsp3) is 0.882. The molecule has 0 unspecified atom stereocenters. The van der Waals surface area contributed by atoms with Crippen LogP contribution in [0.4, 0.5) is 0 Å². The summed E-state index contributed by atoms with van der Waals surface area (Å²) in [4.78, 5) is 9.38. The van der Waals surface area contributed by atoms with E-state index in [4.69, 9.17) is 9.26 Å². The van der Waals surface area contributed by atoms with Gasteiger partial charge in [-0.25, -0.2) is 0 Å². The van der Waals surface area contributed by atoms with E-state index in [9.17, 15) is 0 Å². The molecule has 23 heavy (non-hydrogen) atoms. The van der Waals surface area contributed by atoms with Crippen LogP contribution < -0.4 is 0 Å². The van der Waals surface area contributed by atoms with Gasteiger partial charge in [0, 0.05) is 32.2 Å². The lowest BCUT2D eigenvalue weighted by atomic mass is 10.0. The summed E-state index contributed by atoms with van der Waals surface area (Å²) < 4.78 is 11.1. The highest BCUT2D eigenvalue weighted by molar-refractivity contribution is 4.89. The Labute approximate surface area is 139 Å². The number of aromatic nitrogens is 2. The van der Waals surface area contributed by atoms with Crippen LogP contribution in [-0.2, 0) is 17.7 Å². The standard InChI is InChI=1S/C17H30N4O2/c1-3-17-18-16(19-23-17)13-21-9-6-7-14(11-21)20(2)12-15-8-4-5-10-22-15/h14-15H,3-13H2,1-2H3/t14-,15-/m1/s1. The molecule has 6 nitrogen and oxygen atoms in total. The molecular formula is C17H30N4O2. The maximum absolute atomic E-state index is 5.89. The Morgan fingerprint density at radius 1 is 1.26 bits per heavy atom. The monoisotopic (exact) mass is 322 g/mol. The van der Waals surface area contributed by atoms with Crippen molar-refractivity contribution in [3.8, 4) is 0 Å². The Hall–Kier alpha value is -0.980. The zero-order valence-corrected chi connectivity index (χ0v) is 14.5. The lowest BCUT2D eigenvalue weighted by molar-refractivity contribution is -0.0153. The molecule has 3 rings (SSSR count). The van der Waals surface area contributed by atoms with Gasteiger partial charge in [-0.05, 0) is 45.7 Å². The van der Waals surface area contributed by atoms with Crippen molar-refractivity contribution in [3.05, 3.63) is 11.7 Å². The second kappa shape index (κ2) is 8.22. The first kappa shape index (κ1) is 16.9. The van der Waals surface area contributed by atoms with Crippen LogP contribution in [0.2, 0.25) is 0 Å². The van der Waals surface area contributed by atoms with Crippen molar-refractivity contribution in [1.82, 2.24) is 19.9 Å². The zero-order valence-electron chi connectivity index (χ0n) is 14.5. The number of likely N-dealkylation sites (tertiary alicyclic amines) is 1. The third-order valence-electron chi connectivity index (χ3n) is 5.05. The van der Waals surface area contributed by atoms with Crippen molar-refractivity contribution in [2.24, 2.45) is 0 Å². The Kier molecular flexibility index (Phi) is 6.02. The predicted octanol–water partition coefficient (Wildman–Crippen LogP) is 2.10. The predicted molar refractivity (Wildman–Crippen MR) is 88.2 cm³/mol. The minimum Gasteiger partial charge on any atom is -0.377 e. The second-order valence-electron chi connectivity index (χ2n) is 6.92. The highest BCUT2D eigenvalue weighted by Gasteiger charge is 2.26. The highest BCUT2D eigenvalue weighted by atomic mass is 16.5. The van der Waals surface area contributed by atoms with Crippen molar-refractivity contribution in [2.45, 2.75) is 64.1 Å². The average Bonchev–Trinajstić information content (AvgIpc) is 3.03. The molecule has 0 aromatic carbocycles. The lowest BCUT2D eigenvalue weighted by Crippen LogP contribution is -2.48. The molecule has 0 saturated carbocycles. The zero-order chi connectivity index (χ0) is 16.1. The maximum Gasteiger partial charge on any atom is 0.226 e. The lowest BCUT2D eigenvalue weighted by Gasteiger charge is -2.39. The Morgan fingerprint density at radius 2 is 2.17 bits per heavy atom. The molecule has 2 aliphatic heterocycles. The number of hydrogen-bond acceptors (Lipinski definition) is 6. The molecule has 3 heterocycles. The SMILES string of the molecule is CCc1nc(CN2CCC[C@@H](N(C)C[C@H]3CCCCO3)C2)no1. The van der Waals surface area contributed by atoms with Crippen molar-refractivity contribution in [2.75, 3.05) is 33.3 Å². The molecule has 2 fully saturated rings. The first-order valence-electron chi connectivity index (χ1n) is 9.10. The van der Waals surface area contributed by atoms with Crippen LogP contribution in [0.3, 0.4) is 0 Å². The Balaban J connectivity index is 1.48. The molecule has 1 aromatic heterocycles. The molecule has 2 saturated heterocycles. The third kappa shape index (κ3) is 4.75. The molecular weight excluding hydrogens is 292 g/mol. The minimum atomic E-state index is 0.424. The van der Waals surface area contributed by atoms with Gasteiger partial charge in [-0.2, -0.15) is 4.98 Å². The van der Waals surface area contributed by atoms with Gasteiger partial charge >= 0.3 is 0 Å². The molecule has 0 radical (unpaired) electrons. The largest absolute Gasteiger partial charge is 0.377 e. The molecule has 130 valence electrons. The number of hydrogen-bond donors (Lipinski definition) is 0. The molecule has 2 atom stereocenters. The van der Waals surface area contributed by atoms with Gasteiger partial charge in [0.05, 0.1) is 12.6 Å². The number of rotatable bonds is 6. The van der Waals surface area contributed by atoms with Crippen LogP contribution >= 0.6 is 0 Å². The Bertz CT molecular complexity index is 473. The molecule has 0 bridgehead atoms. The maximum atomic E-state index is 5.89. The number of aryl methyl sites for hydroxylation is 1. The van der Waals surface area contributed by atoms with Gasteiger partial charge < -0.3 is 9.26 Å². The van der Waals surface area contributed by atoms with Crippen LogP contribution in [-0.4, -0.2) is 65.4 Å². The Morgan fingerprint density at radius 3 is 2.91 bits per heavy atom. The van der Waals surface area contributed by atoms with E-state index in [0.29, 0.717) is 12.1 Å². The summed E-state index contributed by atoms with van der Waals surface area (Å²) in [6.45, 7) is 7.04. The first-order valence-corrected chi connectivity index (χ1v) is 9.10. The van der Waals surface area contributed by atoms with Crippen LogP contribution in [0, 0.1) is 0 Å². The molecule has 0 N–H and O–H groups in total. The van der Waals surface area contributed by atoms with E-state index in [-0.39, 0.29) is 0 Å². The topological polar surface area (TPSA) is 54.6 Å². The fourth-order valence-corrected chi connectivity index (χ4v) is 3.65. The molecule has 0 aliphatic carbocycles. The third-order valence-corrected chi connectivity index (χ3v) is 5.05. The van der Waals surface area contributed by atoms with E-state index >= 15 is 0 Å². The molecule has 0 amide bonds. The normalized spacial score (nSPS) is 26.7. The summed E-state index contributed by atoms with van der Waals surface area (Å²) in [5.41, 5.74) is 0. The summed E-state index contributed by atoms with van der Waals surface area (Å²) in [6.07, 6.45) is 7.48. The quantitative estimate of drug-likeness (QED) is 0.799. The van der Waals surface area contributed by atoms with Gasteiger partial charge in [-0.15, -0.1) is 0 Å².